The lowest BCUT2D eigenvalue weighted by atomic mass is 9.53. The molecule has 1 aromatic carbocycles. The summed E-state index contributed by atoms with van der Waals surface area (Å²) in [7, 11) is 2.09. The third-order valence-electron chi connectivity index (χ3n) is 8.86. The highest BCUT2D eigenvalue weighted by Crippen LogP contribution is 2.57. The van der Waals surface area contributed by atoms with Crippen molar-refractivity contribution in [2.45, 2.75) is 52.1 Å². The number of anilines is 2. The molecule has 0 radical (unpaired) electrons. The van der Waals surface area contributed by atoms with Crippen LogP contribution in [0.3, 0.4) is 0 Å². The number of aromatic nitrogens is 1. The molecule has 0 spiro atoms. The molecule has 6 nitrogen and oxygen atoms in total. The second-order valence-corrected chi connectivity index (χ2v) is 12.3. The van der Waals surface area contributed by atoms with E-state index in [1.807, 2.05) is 11.8 Å². The number of hydrogen-bond acceptors (Lipinski definition) is 6. The van der Waals surface area contributed by atoms with E-state index in [0.29, 0.717) is 0 Å². The number of likely N-dealkylation sites (N-methyl/N-ethyl adjacent to an activating group) is 1. The van der Waals surface area contributed by atoms with Crippen molar-refractivity contribution in [1.29, 1.82) is 0 Å². The van der Waals surface area contributed by atoms with Gasteiger partial charge in [0, 0.05) is 48.6 Å². The molecule has 190 valence electrons. The maximum Gasteiger partial charge on any atom is 0.225 e. The van der Waals surface area contributed by atoms with Gasteiger partial charge >= 0.3 is 0 Å². The van der Waals surface area contributed by atoms with E-state index in [0.717, 1.165) is 62.0 Å². The Morgan fingerprint density at radius 1 is 1.26 bits per heavy atom. The van der Waals surface area contributed by atoms with Gasteiger partial charge in [0.05, 0.1) is 11.8 Å². The molecule has 6 atom stereocenters. The number of fused-ring (bicyclic) bond motifs is 2. The number of rotatable bonds is 4. The van der Waals surface area contributed by atoms with Crippen molar-refractivity contribution in [1.82, 2.24) is 14.8 Å². The van der Waals surface area contributed by atoms with Crippen LogP contribution >= 0.6 is 11.3 Å². The van der Waals surface area contributed by atoms with E-state index in [4.69, 9.17) is 4.98 Å². The summed E-state index contributed by atoms with van der Waals surface area (Å²) < 4.78 is 13.3. The molecule has 5 rings (SSSR count). The lowest BCUT2D eigenvalue weighted by Gasteiger charge is -2.53. The molecular weight excluding hydrogens is 463 g/mol. The van der Waals surface area contributed by atoms with Gasteiger partial charge in [0.25, 0.3) is 0 Å². The van der Waals surface area contributed by atoms with Gasteiger partial charge in [-0.05, 0) is 67.8 Å². The normalized spacial score (nSPS) is 32.0. The Morgan fingerprint density at radius 3 is 2.63 bits per heavy atom. The van der Waals surface area contributed by atoms with E-state index >= 15 is 0 Å². The number of carbonyl (C=O) groups excluding carboxylic acids is 1. The fraction of sp³-hybridized carbons (Fsp3) is 0.630. The van der Waals surface area contributed by atoms with E-state index in [1.165, 1.54) is 17.0 Å². The first-order chi connectivity index (χ1) is 16.7. The standard InChI is InChI=1S/C27H37FN4O2S/c1-16(25(34)32-13-11-31(4)12-14-32)20-9-10-27(3)15-21-23(17(2)22(27)24(20)33)30-26(35-21)29-19-7-5-18(28)6-8-19/h5-8,16-17,20,22,24,33H,9-15H2,1-4H3,(H,29,30)/t16-,17-,20+,22+,24-,27-/m0/s1. The van der Waals surface area contributed by atoms with Crippen LogP contribution in [0.1, 0.15) is 50.1 Å². The minimum Gasteiger partial charge on any atom is -0.392 e. The number of thiazole rings is 1. The van der Waals surface area contributed by atoms with E-state index in [2.05, 4.69) is 31.1 Å². The van der Waals surface area contributed by atoms with E-state index < -0.39 is 6.10 Å². The molecule has 1 aliphatic heterocycles. The molecule has 35 heavy (non-hydrogen) atoms. The predicted octanol–water partition coefficient (Wildman–Crippen LogP) is 4.49. The third-order valence-corrected chi connectivity index (χ3v) is 9.85. The molecule has 2 fully saturated rings. The molecule has 3 aliphatic rings. The van der Waals surface area contributed by atoms with Crippen molar-refractivity contribution in [3.63, 3.8) is 0 Å². The zero-order valence-electron chi connectivity index (χ0n) is 21.1. The molecule has 1 saturated carbocycles. The monoisotopic (exact) mass is 500 g/mol. The fourth-order valence-electron chi connectivity index (χ4n) is 6.75. The summed E-state index contributed by atoms with van der Waals surface area (Å²) in [4.78, 5) is 23.7. The summed E-state index contributed by atoms with van der Waals surface area (Å²) in [6.45, 7) is 9.85. The first-order valence-electron chi connectivity index (χ1n) is 12.8. The minimum absolute atomic E-state index is 0.0153. The number of carbonyl (C=O) groups is 1. The van der Waals surface area contributed by atoms with Crippen molar-refractivity contribution in [3.8, 4) is 0 Å². The molecule has 2 aliphatic carbocycles. The van der Waals surface area contributed by atoms with Gasteiger partial charge in [0.15, 0.2) is 5.13 Å². The minimum atomic E-state index is -0.529. The largest absolute Gasteiger partial charge is 0.392 e. The van der Waals surface area contributed by atoms with Crippen LogP contribution in [0.25, 0.3) is 0 Å². The molecule has 2 aromatic rings. The molecule has 2 N–H and O–H groups in total. The van der Waals surface area contributed by atoms with E-state index in [9.17, 15) is 14.3 Å². The number of piperazine rings is 1. The number of aliphatic hydroxyl groups excluding tert-OH is 1. The topological polar surface area (TPSA) is 68.7 Å². The summed E-state index contributed by atoms with van der Waals surface area (Å²) in [5.74, 6) is -0.111. The number of hydrogen-bond donors (Lipinski definition) is 2. The highest BCUT2D eigenvalue weighted by Gasteiger charge is 2.54. The van der Waals surface area contributed by atoms with Gasteiger partial charge < -0.3 is 20.2 Å². The summed E-state index contributed by atoms with van der Waals surface area (Å²) in [6, 6.07) is 6.31. The SMILES string of the molecule is C[C@H](C(=O)N1CCN(C)CC1)[C@H]1CC[C@@]2(C)Cc3sc(Nc4ccc(F)cc4)nc3[C@@H](C)[C@@H]2[C@H]1O. The lowest BCUT2D eigenvalue weighted by Crippen LogP contribution is -2.55. The molecule has 8 heteroatoms. The average molecular weight is 501 g/mol. The molecule has 1 amide bonds. The van der Waals surface area contributed by atoms with E-state index in [-0.39, 0.29) is 40.8 Å². The second-order valence-electron chi connectivity index (χ2n) is 11.2. The maximum atomic E-state index is 13.3. The Hall–Kier alpha value is -2.03. The molecule has 1 saturated heterocycles. The van der Waals surface area contributed by atoms with Gasteiger partial charge in [-0.3, -0.25) is 4.79 Å². The molecule has 2 heterocycles. The van der Waals surface area contributed by atoms with Gasteiger partial charge in [-0.1, -0.05) is 20.8 Å². The number of nitrogens with zero attached hydrogens (tertiary/aromatic N) is 3. The smallest absolute Gasteiger partial charge is 0.225 e. The Kier molecular flexibility index (Phi) is 6.66. The summed E-state index contributed by atoms with van der Waals surface area (Å²) in [5.41, 5.74) is 1.85. The van der Waals surface area contributed by atoms with Gasteiger partial charge in [-0.15, -0.1) is 11.3 Å². The number of aliphatic hydroxyl groups is 1. The first kappa shape index (κ1) is 24.7. The van der Waals surface area contributed by atoms with Crippen LogP contribution in [0.15, 0.2) is 24.3 Å². The third kappa shape index (κ3) is 4.60. The van der Waals surface area contributed by atoms with Crippen molar-refractivity contribution in [2.24, 2.45) is 23.2 Å². The van der Waals surface area contributed by atoms with Gasteiger partial charge in [-0.2, -0.15) is 0 Å². The molecule has 1 aromatic heterocycles. The van der Waals surface area contributed by atoms with Crippen LogP contribution in [0.5, 0.6) is 0 Å². The van der Waals surface area contributed by atoms with Gasteiger partial charge in [0.2, 0.25) is 5.91 Å². The zero-order chi connectivity index (χ0) is 24.9. The number of amides is 1. The van der Waals surface area contributed by atoms with Crippen molar-refractivity contribution in [3.05, 3.63) is 40.7 Å². The van der Waals surface area contributed by atoms with Crippen LogP contribution in [-0.2, 0) is 11.2 Å². The van der Waals surface area contributed by atoms with Crippen LogP contribution in [-0.4, -0.2) is 65.1 Å². The second kappa shape index (κ2) is 9.45. The Bertz CT molecular complexity index is 1070. The van der Waals surface area contributed by atoms with Crippen molar-refractivity contribution < 1.29 is 14.3 Å². The maximum absolute atomic E-state index is 13.3. The lowest BCUT2D eigenvalue weighted by molar-refractivity contribution is -0.146. The molecular formula is C27H37FN4O2S. The summed E-state index contributed by atoms with van der Waals surface area (Å²) >= 11 is 1.66. The predicted molar refractivity (Wildman–Crippen MR) is 137 cm³/mol. The molecule has 0 unspecified atom stereocenters. The average Bonchev–Trinajstić information content (AvgIpc) is 3.22. The number of nitrogens with one attached hydrogen (secondary N) is 1. The van der Waals surface area contributed by atoms with E-state index in [1.54, 1.807) is 23.5 Å². The Morgan fingerprint density at radius 2 is 1.94 bits per heavy atom. The highest BCUT2D eigenvalue weighted by atomic mass is 32.1. The highest BCUT2D eigenvalue weighted by molar-refractivity contribution is 7.15. The van der Waals surface area contributed by atoms with Crippen LogP contribution < -0.4 is 5.32 Å². The van der Waals surface area contributed by atoms with Crippen molar-refractivity contribution in [2.75, 3.05) is 38.5 Å². The zero-order valence-corrected chi connectivity index (χ0v) is 21.9. The Labute approximate surface area is 211 Å². The number of halogens is 1. The van der Waals surface area contributed by atoms with Crippen LogP contribution in [0.2, 0.25) is 0 Å². The fourth-order valence-corrected chi connectivity index (χ4v) is 8.04. The Balaban J connectivity index is 1.33. The molecule has 0 bridgehead atoms. The van der Waals surface area contributed by atoms with Gasteiger partial charge in [0.1, 0.15) is 5.82 Å². The van der Waals surface area contributed by atoms with Crippen molar-refractivity contribution >= 4 is 28.1 Å². The van der Waals surface area contributed by atoms with Crippen LogP contribution in [0, 0.1) is 29.0 Å². The quantitative estimate of drug-likeness (QED) is 0.648. The summed E-state index contributed by atoms with van der Waals surface area (Å²) in [5, 5.41) is 15.8. The van der Waals surface area contributed by atoms with Crippen LogP contribution in [0.4, 0.5) is 15.2 Å². The summed E-state index contributed by atoms with van der Waals surface area (Å²) in [6.07, 6.45) is 2.24. The first-order valence-corrected chi connectivity index (χ1v) is 13.7. The number of benzene rings is 1. The van der Waals surface area contributed by atoms with Gasteiger partial charge in [-0.25, -0.2) is 9.37 Å².